The SMILES string of the molecule is CN(C)c1cc(-c2ccc(Cl)o2)c(O)c2c1C[C@H]1C[C@H]3CC(=O)C(C(N)=O)C(=O)[C@@]3(O)C(=O)C1C2=O. The highest BCUT2D eigenvalue weighted by Gasteiger charge is 2.66. The summed E-state index contributed by atoms with van der Waals surface area (Å²) >= 11 is 5.90. The van der Waals surface area contributed by atoms with Crippen molar-refractivity contribution in [3.63, 3.8) is 0 Å². The van der Waals surface area contributed by atoms with E-state index >= 15 is 0 Å². The Kier molecular flexibility index (Phi) is 5.38. The molecule has 1 amide bonds. The van der Waals surface area contributed by atoms with Crippen LogP contribution >= 0.6 is 11.6 Å². The minimum Gasteiger partial charge on any atom is -0.506 e. The third kappa shape index (κ3) is 3.17. The normalized spacial score (nSPS) is 29.4. The van der Waals surface area contributed by atoms with Gasteiger partial charge in [0, 0.05) is 32.1 Å². The number of carbonyl (C=O) groups excluding carboxylic acids is 5. The third-order valence-corrected chi connectivity index (χ3v) is 7.90. The maximum atomic E-state index is 13.8. The lowest BCUT2D eigenvalue weighted by Crippen LogP contribution is -2.68. The molecule has 2 unspecified atom stereocenters. The lowest BCUT2D eigenvalue weighted by Gasteiger charge is -2.48. The van der Waals surface area contributed by atoms with Crippen molar-refractivity contribution >= 4 is 46.3 Å². The largest absolute Gasteiger partial charge is 0.506 e. The van der Waals surface area contributed by atoms with Crippen molar-refractivity contribution in [3.8, 4) is 17.1 Å². The number of hydrogen-bond donors (Lipinski definition) is 3. The minimum atomic E-state index is -2.69. The van der Waals surface area contributed by atoms with E-state index in [-0.39, 0.29) is 41.4 Å². The molecule has 0 saturated heterocycles. The standard InChI is InChI=1S/C25H23ClN2O8/c1-28(2)13-8-12(15-3-4-16(26)36-15)20(30)18-11(13)6-9-5-10-7-14(29)19(24(27)34)23(33)25(10,35)22(32)17(9)21(18)31/h3-4,8-10,17,19,30,35H,5-7H2,1-2H3,(H2,27,34)/t9-,10+,17?,19?,25+/m1/s1. The van der Waals surface area contributed by atoms with E-state index in [1.54, 1.807) is 25.1 Å². The van der Waals surface area contributed by atoms with Crippen molar-refractivity contribution in [3.05, 3.63) is 34.5 Å². The molecule has 2 aromatic rings. The Morgan fingerprint density at radius 1 is 1.17 bits per heavy atom. The molecule has 2 saturated carbocycles. The van der Waals surface area contributed by atoms with Gasteiger partial charge in [0.05, 0.1) is 17.0 Å². The van der Waals surface area contributed by atoms with E-state index in [0.29, 0.717) is 11.3 Å². The van der Waals surface area contributed by atoms with E-state index in [9.17, 15) is 34.2 Å². The van der Waals surface area contributed by atoms with Crippen LogP contribution in [0, 0.1) is 23.7 Å². The van der Waals surface area contributed by atoms with E-state index in [0.717, 1.165) is 0 Å². The summed E-state index contributed by atoms with van der Waals surface area (Å²) in [6.45, 7) is 0. The first kappa shape index (κ1) is 24.2. The van der Waals surface area contributed by atoms with Crippen LogP contribution in [0.1, 0.15) is 28.8 Å². The quantitative estimate of drug-likeness (QED) is 0.511. The molecule has 5 atom stereocenters. The molecule has 0 bridgehead atoms. The highest BCUT2D eigenvalue weighted by atomic mass is 35.5. The van der Waals surface area contributed by atoms with Gasteiger partial charge in [-0.2, -0.15) is 0 Å². The number of rotatable bonds is 3. The number of halogens is 1. The first-order valence-electron chi connectivity index (χ1n) is 11.4. The van der Waals surface area contributed by atoms with Crippen molar-refractivity contribution in [2.45, 2.75) is 24.9 Å². The number of primary amides is 1. The van der Waals surface area contributed by atoms with Crippen LogP contribution in [0.4, 0.5) is 5.69 Å². The second kappa shape index (κ2) is 8.01. The van der Waals surface area contributed by atoms with Gasteiger partial charge in [0.25, 0.3) is 0 Å². The molecule has 5 rings (SSSR count). The van der Waals surface area contributed by atoms with Crippen LogP contribution in [-0.4, -0.2) is 58.9 Å². The lowest BCUT2D eigenvalue weighted by atomic mass is 9.53. The predicted molar refractivity (Wildman–Crippen MR) is 126 cm³/mol. The summed E-state index contributed by atoms with van der Waals surface area (Å²) in [5.41, 5.74) is 3.71. The average Bonchev–Trinajstić information content (AvgIpc) is 3.21. The number of carbonyl (C=O) groups is 5. The molecule has 0 aliphatic heterocycles. The van der Waals surface area contributed by atoms with Crippen LogP contribution in [0.15, 0.2) is 22.6 Å². The van der Waals surface area contributed by atoms with Gasteiger partial charge in [0.1, 0.15) is 11.5 Å². The number of Topliss-reactive ketones (excluding diaryl/α,β-unsaturated/α-hetero) is 4. The monoisotopic (exact) mass is 514 g/mol. The van der Waals surface area contributed by atoms with E-state index in [1.165, 1.54) is 12.1 Å². The van der Waals surface area contributed by atoms with Crippen molar-refractivity contribution in [2.75, 3.05) is 19.0 Å². The molecule has 188 valence electrons. The van der Waals surface area contributed by atoms with Crippen LogP contribution in [0.5, 0.6) is 5.75 Å². The fraction of sp³-hybridized carbons (Fsp3) is 0.400. The van der Waals surface area contributed by atoms with Crippen LogP contribution in [0.25, 0.3) is 11.3 Å². The van der Waals surface area contributed by atoms with Gasteiger partial charge in [-0.1, -0.05) is 0 Å². The van der Waals surface area contributed by atoms with Crippen LogP contribution in [-0.2, 0) is 25.6 Å². The van der Waals surface area contributed by atoms with Crippen molar-refractivity contribution in [1.29, 1.82) is 0 Å². The van der Waals surface area contributed by atoms with Gasteiger partial charge in [0.15, 0.2) is 39.9 Å². The molecule has 4 N–H and O–H groups in total. The molecule has 2 fully saturated rings. The average molecular weight is 515 g/mol. The Bertz CT molecular complexity index is 1380. The summed E-state index contributed by atoms with van der Waals surface area (Å²) in [7, 11) is 3.52. The topological polar surface area (TPSA) is 168 Å². The van der Waals surface area contributed by atoms with Gasteiger partial charge in [0.2, 0.25) is 5.91 Å². The molecule has 1 aromatic heterocycles. The summed E-state index contributed by atoms with van der Waals surface area (Å²) in [6, 6.07) is 4.66. The smallest absolute Gasteiger partial charge is 0.235 e. The molecular weight excluding hydrogens is 492 g/mol. The summed E-state index contributed by atoms with van der Waals surface area (Å²) in [6.07, 6.45) is -0.161. The number of phenolic OH excluding ortho intramolecular Hbond substituents is 1. The summed E-state index contributed by atoms with van der Waals surface area (Å²) in [5.74, 6) is -10.4. The van der Waals surface area contributed by atoms with Gasteiger partial charge in [-0.15, -0.1) is 0 Å². The van der Waals surface area contributed by atoms with Gasteiger partial charge in [-0.25, -0.2) is 0 Å². The number of nitrogens with zero attached hydrogens (tertiary/aromatic N) is 1. The molecule has 0 radical (unpaired) electrons. The fourth-order valence-corrected chi connectivity index (χ4v) is 6.21. The van der Waals surface area contributed by atoms with Gasteiger partial charge in [-0.3, -0.25) is 24.0 Å². The zero-order chi connectivity index (χ0) is 26.3. The highest BCUT2D eigenvalue weighted by molar-refractivity contribution is 6.31. The first-order valence-corrected chi connectivity index (χ1v) is 11.7. The number of hydrogen-bond acceptors (Lipinski definition) is 9. The summed E-state index contributed by atoms with van der Waals surface area (Å²) < 4.78 is 5.43. The number of ketones is 4. The number of phenols is 1. The molecule has 36 heavy (non-hydrogen) atoms. The molecule has 1 aromatic carbocycles. The molecule has 3 aliphatic rings. The third-order valence-electron chi connectivity index (χ3n) is 7.70. The molecule has 1 heterocycles. The maximum absolute atomic E-state index is 13.8. The van der Waals surface area contributed by atoms with Crippen LogP contribution in [0.3, 0.4) is 0 Å². The Morgan fingerprint density at radius 3 is 2.44 bits per heavy atom. The van der Waals surface area contributed by atoms with Crippen LogP contribution in [0.2, 0.25) is 5.22 Å². The fourth-order valence-electron chi connectivity index (χ4n) is 6.06. The number of fused-ring (bicyclic) bond motifs is 3. The zero-order valence-electron chi connectivity index (χ0n) is 19.4. The highest BCUT2D eigenvalue weighted by Crippen LogP contribution is 2.52. The Hall–Kier alpha value is -3.50. The van der Waals surface area contributed by atoms with Crippen molar-refractivity contribution < 1.29 is 38.6 Å². The number of aliphatic hydroxyl groups is 1. The molecule has 10 nitrogen and oxygen atoms in total. The zero-order valence-corrected chi connectivity index (χ0v) is 20.2. The van der Waals surface area contributed by atoms with Crippen molar-refractivity contribution in [2.24, 2.45) is 29.4 Å². The summed E-state index contributed by atoms with van der Waals surface area (Å²) in [4.78, 5) is 66.5. The van der Waals surface area contributed by atoms with Gasteiger partial charge in [-0.05, 0) is 54.1 Å². The predicted octanol–water partition coefficient (Wildman–Crippen LogP) is 1.31. The van der Waals surface area contributed by atoms with Gasteiger partial charge < -0.3 is 25.3 Å². The Labute approximate surface area is 210 Å². The number of amides is 1. The number of anilines is 1. The first-order chi connectivity index (χ1) is 16.9. The van der Waals surface area contributed by atoms with E-state index in [1.807, 2.05) is 0 Å². The second-order valence-electron chi connectivity index (χ2n) is 9.88. The number of nitrogens with two attached hydrogens (primary N) is 1. The van der Waals surface area contributed by atoms with E-state index in [4.69, 9.17) is 21.8 Å². The summed E-state index contributed by atoms with van der Waals surface area (Å²) in [5, 5.41) is 22.5. The van der Waals surface area contributed by atoms with Gasteiger partial charge >= 0.3 is 0 Å². The molecule has 11 heteroatoms. The molecule has 3 aliphatic carbocycles. The van der Waals surface area contributed by atoms with Crippen LogP contribution < -0.4 is 10.6 Å². The number of benzene rings is 1. The Balaban J connectivity index is 1.66. The van der Waals surface area contributed by atoms with E-state index < -0.39 is 64.1 Å². The number of furan rings is 1. The lowest BCUT2D eigenvalue weighted by molar-refractivity contribution is -0.175. The molecular formula is C25H23ClN2O8. The second-order valence-corrected chi connectivity index (χ2v) is 10.3. The number of aromatic hydroxyl groups is 1. The van der Waals surface area contributed by atoms with E-state index in [2.05, 4.69) is 0 Å². The maximum Gasteiger partial charge on any atom is 0.235 e. The minimum absolute atomic E-state index is 0.0320. The molecule has 0 spiro atoms. The van der Waals surface area contributed by atoms with Crippen molar-refractivity contribution in [1.82, 2.24) is 0 Å². The Morgan fingerprint density at radius 2 is 1.86 bits per heavy atom.